The van der Waals surface area contributed by atoms with E-state index < -0.39 is 0 Å². The second-order valence-electron chi connectivity index (χ2n) is 6.91. The van der Waals surface area contributed by atoms with Crippen LogP contribution in [0.4, 0.5) is 0 Å². The Balaban J connectivity index is 1.78. The van der Waals surface area contributed by atoms with Crippen molar-refractivity contribution in [3.63, 3.8) is 0 Å². The van der Waals surface area contributed by atoms with Gasteiger partial charge in [-0.15, -0.1) is 0 Å². The van der Waals surface area contributed by atoms with Crippen LogP contribution in [0.15, 0.2) is 48.3 Å². The van der Waals surface area contributed by atoms with Crippen LogP contribution in [0, 0.1) is 0 Å². The third-order valence-electron chi connectivity index (χ3n) is 5.06. The first-order chi connectivity index (χ1) is 13.6. The maximum atomic E-state index is 13.3. The summed E-state index contributed by atoms with van der Waals surface area (Å²) >= 11 is 12.4. The second-order valence-corrected chi connectivity index (χ2v) is 7.76. The highest BCUT2D eigenvalue weighted by molar-refractivity contribution is 6.41. The second kappa shape index (κ2) is 7.94. The van der Waals surface area contributed by atoms with E-state index in [2.05, 4.69) is 4.98 Å². The Labute approximate surface area is 173 Å². The molecule has 4 rings (SSSR count). The molecule has 0 N–H and O–H groups in total. The first-order valence-corrected chi connectivity index (χ1v) is 10.0. The number of likely N-dealkylation sites (tertiary alicyclic amines) is 1. The zero-order valence-corrected chi connectivity index (χ0v) is 16.7. The molecule has 2 aliphatic heterocycles. The number of piperidine rings is 1. The Bertz CT molecular complexity index is 953. The van der Waals surface area contributed by atoms with E-state index in [0.717, 1.165) is 32.4 Å². The molecule has 28 heavy (non-hydrogen) atoms. The zero-order valence-electron chi connectivity index (χ0n) is 15.2. The fourth-order valence-electron chi connectivity index (χ4n) is 3.71. The molecule has 2 amide bonds. The summed E-state index contributed by atoms with van der Waals surface area (Å²) in [7, 11) is 0. The molecule has 0 bridgehead atoms. The van der Waals surface area contributed by atoms with Gasteiger partial charge in [0.25, 0.3) is 11.8 Å². The number of nitrogens with zero attached hydrogens (tertiary/aromatic N) is 3. The van der Waals surface area contributed by atoms with Crippen molar-refractivity contribution in [3.8, 4) is 0 Å². The molecular weight excluding hydrogens is 397 g/mol. The Morgan fingerprint density at radius 3 is 2.43 bits per heavy atom. The monoisotopic (exact) mass is 415 g/mol. The summed E-state index contributed by atoms with van der Waals surface area (Å²) < 4.78 is 0. The number of hydrogen-bond acceptors (Lipinski definition) is 4. The van der Waals surface area contributed by atoms with Crippen LogP contribution in [0.25, 0.3) is 5.57 Å². The molecule has 5 nitrogen and oxygen atoms in total. The van der Waals surface area contributed by atoms with Crippen LogP contribution in [-0.2, 0) is 16.1 Å². The van der Waals surface area contributed by atoms with Gasteiger partial charge in [0.15, 0.2) is 0 Å². The number of imide groups is 1. The minimum absolute atomic E-state index is 0.130. The van der Waals surface area contributed by atoms with Crippen molar-refractivity contribution in [1.82, 2.24) is 14.8 Å². The van der Waals surface area contributed by atoms with E-state index >= 15 is 0 Å². The highest BCUT2D eigenvalue weighted by atomic mass is 35.5. The van der Waals surface area contributed by atoms with E-state index in [9.17, 15) is 9.59 Å². The first-order valence-electron chi connectivity index (χ1n) is 9.27. The van der Waals surface area contributed by atoms with Crippen LogP contribution in [0.1, 0.15) is 30.5 Å². The van der Waals surface area contributed by atoms with Crippen molar-refractivity contribution in [2.45, 2.75) is 25.8 Å². The molecule has 0 aliphatic carbocycles. The standard InChI is InChI=1S/C21H19Cl2N3O2/c22-14-7-8-16(17(23)12-14)18-19(25-10-4-1-5-11-25)21(28)26(20(18)27)13-15-6-2-3-9-24-15/h2-3,6-9,12H,1,4-5,10-11,13H2. The zero-order chi connectivity index (χ0) is 19.7. The predicted molar refractivity (Wildman–Crippen MR) is 109 cm³/mol. The number of amides is 2. The topological polar surface area (TPSA) is 53.5 Å². The molecule has 7 heteroatoms. The molecule has 144 valence electrons. The van der Waals surface area contributed by atoms with Gasteiger partial charge < -0.3 is 4.90 Å². The SMILES string of the molecule is O=C1C(c2ccc(Cl)cc2Cl)=C(N2CCCCC2)C(=O)N1Cc1ccccn1. The van der Waals surface area contributed by atoms with Gasteiger partial charge in [0, 0.05) is 29.9 Å². The van der Waals surface area contributed by atoms with Gasteiger partial charge in [0.1, 0.15) is 5.70 Å². The van der Waals surface area contributed by atoms with E-state index in [0.29, 0.717) is 32.6 Å². The molecule has 2 aromatic rings. The molecule has 0 unspecified atom stereocenters. The van der Waals surface area contributed by atoms with E-state index in [4.69, 9.17) is 23.2 Å². The average molecular weight is 416 g/mol. The van der Waals surface area contributed by atoms with Crippen molar-refractivity contribution in [3.05, 3.63) is 69.6 Å². The van der Waals surface area contributed by atoms with Gasteiger partial charge in [-0.05, 0) is 43.5 Å². The van der Waals surface area contributed by atoms with Gasteiger partial charge in [-0.1, -0.05) is 35.3 Å². The largest absolute Gasteiger partial charge is 0.366 e. The minimum atomic E-state index is -0.347. The lowest BCUT2D eigenvalue weighted by Gasteiger charge is -2.29. The van der Waals surface area contributed by atoms with Crippen molar-refractivity contribution in [2.24, 2.45) is 0 Å². The average Bonchev–Trinajstić information content (AvgIpc) is 2.94. The normalized spacial score (nSPS) is 17.6. The Kier molecular flexibility index (Phi) is 5.38. The molecule has 0 radical (unpaired) electrons. The molecule has 1 aromatic carbocycles. The maximum absolute atomic E-state index is 13.3. The summed E-state index contributed by atoms with van der Waals surface area (Å²) in [5.41, 5.74) is 1.98. The third-order valence-corrected chi connectivity index (χ3v) is 5.61. The maximum Gasteiger partial charge on any atom is 0.278 e. The quantitative estimate of drug-likeness (QED) is 0.703. The van der Waals surface area contributed by atoms with E-state index in [1.54, 1.807) is 36.5 Å². The van der Waals surface area contributed by atoms with Crippen molar-refractivity contribution in [1.29, 1.82) is 0 Å². The van der Waals surface area contributed by atoms with E-state index in [-0.39, 0.29) is 18.4 Å². The summed E-state index contributed by atoms with van der Waals surface area (Å²) in [6, 6.07) is 10.4. The Morgan fingerprint density at radius 1 is 0.964 bits per heavy atom. The minimum Gasteiger partial charge on any atom is -0.366 e. The van der Waals surface area contributed by atoms with Gasteiger partial charge in [0.2, 0.25) is 0 Å². The fraction of sp³-hybridized carbons (Fsp3) is 0.286. The van der Waals surface area contributed by atoms with Crippen LogP contribution in [0.3, 0.4) is 0 Å². The van der Waals surface area contributed by atoms with Gasteiger partial charge in [-0.3, -0.25) is 19.5 Å². The number of carbonyl (C=O) groups is 2. The number of aromatic nitrogens is 1. The lowest BCUT2D eigenvalue weighted by Crippen LogP contribution is -2.37. The number of pyridine rings is 1. The summed E-state index contributed by atoms with van der Waals surface area (Å²) in [6.45, 7) is 1.63. The highest BCUT2D eigenvalue weighted by Gasteiger charge is 2.42. The van der Waals surface area contributed by atoms with E-state index in [1.807, 2.05) is 11.0 Å². The molecule has 0 atom stereocenters. The van der Waals surface area contributed by atoms with Crippen LogP contribution in [0.5, 0.6) is 0 Å². The smallest absolute Gasteiger partial charge is 0.278 e. The molecule has 0 saturated carbocycles. The fourth-order valence-corrected chi connectivity index (χ4v) is 4.21. The van der Waals surface area contributed by atoms with Crippen LogP contribution in [-0.4, -0.2) is 39.7 Å². The lowest BCUT2D eigenvalue weighted by atomic mass is 10.0. The Morgan fingerprint density at radius 2 is 1.75 bits per heavy atom. The summed E-state index contributed by atoms with van der Waals surface area (Å²) in [6.07, 6.45) is 4.76. The summed E-state index contributed by atoms with van der Waals surface area (Å²) in [4.78, 5) is 34.1. The summed E-state index contributed by atoms with van der Waals surface area (Å²) in [5.74, 6) is -0.640. The number of rotatable bonds is 4. The molecule has 1 saturated heterocycles. The third kappa shape index (κ3) is 3.52. The van der Waals surface area contributed by atoms with Crippen molar-refractivity contribution in [2.75, 3.05) is 13.1 Å². The van der Waals surface area contributed by atoms with Crippen molar-refractivity contribution < 1.29 is 9.59 Å². The number of hydrogen-bond donors (Lipinski definition) is 0. The molecular formula is C21H19Cl2N3O2. The number of halogens is 2. The molecule has 0 spiro atoms. The first kappa shape index (κ1) is 19.0. The van der Waals surface area contributed by atoms with Crippen molar-refractivity contribution >= 4 is 40.6 Å². The Hall–Kier alpha value is -2.37. The van der Waals surface area contributed by atoms with Gasteiger partial charge in [-0.25, -0.2) is 0 Å². The van der Waals surface area contributed by atoms with Crippen LogP contribution >= 0.6 is 23.2 Å². The van der Waals surface area contributed by atoms with Crippen LogP contribution < -0.4 is 0 Å². The van der Waals surface area contributed by atoms with E-state index in [1.165, 1.54) is 4.90 Å². The molecule has 3 heterocycles. The van der Waals surface area contributed by atoms with Gasteiger partial charge in [-0.2, -0.15) is 0 Å². The van der Waals surface area contributed by atoms with Gasteiger partial charge in [0.05, 0.1) is 22.8 Å². The highest BCUT2D eigenvalue weighted by Crippen LogP contribution is 2.37. The van der Waals surface area contributed by atoms with Crippen LogP contribution in [0.2, 0.25) is 10.0 Å². The number of carbonyl (C=O) groups excluding carboxylic acids is 2. The number of benzene rings is 1. The van der Waals surface area contributed by atoms with Gasteiger partial charge >= 0.3 is 0 Å². The predicted octanol–water partition coefficient (Wildman–Crippen LogP) is 4.15. The summed E-state index contributed by atoms with van der Waals surface area (Å²) in [5, 5.41) is 0.842. The molecule has 1 aromatic heterocycles. The lowest BCUT2D eigenvalue weighted by molar-refractivity contribution is -0.138. The molecule has 1 fully saturated rings. The molecule has 2 aliphatic rings.